The zero-order chi connectivity index (χ0) is 28.6. The number of hydrogen-bond acceptors (Lipinski definition) is 4. The zero-order valence-electron chi connectivity index (χ0n) is 23.0. The normalized spacial score (nSPS) is 11.0. The summed E-state index contributed by atoms with van der Waals surface area (Å²) in [5.74, 6) is 0.0894. The average Bonchev–Trinajstić information content (AvgIpc) is 2.94. The summed E-state index contributed by atoms with van der Waals surface area (Å²) in [5.41, 5.74) is 3.23. The summed E-state index contributed by atoms with van der Waals surface area (Å²) in [7, 11) is 0. The summed E-state index contributed by atoms with van der Waals surface area (Å²) in [4.78, 5) is 43.6. The predicted octanol–water partition coefficient (Wildman–Crippen LogP) is 6.97. The molecule has 1 heterocycles. The number of anilines is 1. The van der Waals surface area contributed by atoms with E-state index in [4.69, 9.17) is 4.42 Å². The van der Waals surface area contributed by atoms with Gasteiger partial charge in [-0.1, -0.05) is 71.7 Å². The number of nitrogens with one attached hydrogen (secondary N) is 1. The van der Waals surface area contributed by atoms with Gasteiger partial charge in [0.1, 0.15) is 12.1 Å². The Hall–Kier alpha value is -3.91. The van der Waals surface area contributed by atoms with Gasteiger partial charge in [-0.05, 0) is 61.2 Å². The van der Waals surface area contributed by atoms with Crippen LogP contribution in [0.15, 0.2) is 92.7 Å². The average molecular weight is 605 g/mol. The second-order valence-corrected chi connectivity index (χ2v) is 11.3. The molecule has 208 valence electrons. The van der Waals surface area contributed by atoms with Crippen molar-refractivity contribution >= 4 is 44.5 Å². The third-order valence-electron chi connectivity index (χ3n) is 6.61. The first-order valence-corrected chi connectivity index (χ1v) is 14.1. The summed E-state index contributed by atoms with van der Waals surface area (Å²) in [6.07, 6.45) is 2.18. The number of benzene rings is 3. The van der Waals surface area contributed by atoms with Crippen LogP contribution in [-0.2, 0) is 17.9 Å². The third-order valence-corrected chi connectivity index (χ3v) is 7.14. The van der Waals surface area contributed by atoms with E-state index >= 15 is 0 Å². The number of aryl methyl sites for hydroxylation is 1. The highest BCUT2D eigenvalue weighted by molar-refractivity contribution is 9.10. The number of fused-ring (bicyclic) bond motifs is 1. The van der Waals surface area contributed by atoms with Crippen molar-refractivity contribution in [3.05, 3.63) is 110 Å². The molecule has 8 heteroatoms. The fourth-order valence-corrected chi connectivity index (χ4v) is 4.57. The first-order valence-electron chi connectivity index (χ1n) is 13.3. The number of hydrogen-bond donors (Lipinski definition) is 1. The Kier molecular flexibility index (Phi) is 9.77. The van der Waals surface area contributed by atoms with Crippen molar-refractivity contribution in [1.82, 2.24) is 9.80 Å². The Bertz CT molecular complexity index is 1520. The Labute approximate surface area is 242 Å². The number of amides is 3. The highest BCUT2D eigenvalue weighted by atomic mass is 79.9. The van der Waals surface area contributed by atoms with Crippen molar-refractivity contribution in [2.45, 2.75) is 40.3 Å². The molecule has 0 spiro atoms. The van der Waals surface area contributed by atoms with Gasteiger partial charge in [0, 0.05) is 23.2 Å². The molecule has 4 rings (SSSR count). The van der Waals surface area contributed by atoms with Crippen LogP contribution in [0, 0.1) is 12.8 Å². The number of carbonyl (C=O) groups excluding carboxylic acids is 2. The van der Waals surface area contributed by atoms with E-state index in [-0.39, 0.29) is 37.0 Å². The Morgan fingerprint density at radius 1 is 0.950 bits per heavy atom. The molecule has 3 amide bonds. The van der Waals surface area contributed by atoms with E-state index in [9.17, 15) is 14.4 Å². The molecule has 0 saturated carbocycles. The molecule has 0 fully saturated rings. The summed E-state index contributed by atoms with van der Waals surface area (Å²) in [6.45, 7) is 6.72. The quantitative estimate of drug-likeness (QED) is 0.212. The van der Waals surface area contributed by atoms with Crippen LogP contribution in [0.25, 0.3) is 11.0 Å². The molecule has 0 radical (unpaired) electrons. The second kappa shape index (κ2) is 13.4. The minimum Gasteiger partial charge on any atom is -0.464 e. The Morgan fingerprint density at radius 2 is 1.68 bits per heavy atom. The molecule has 0 atom stereocenters. The van der Waals surface area contributed by atoms with E-state index in [1.165, 1.54) is 11.2 Å². The highest BCUT2D eigenvalue weighted by Gasteiger charge is 2.23. The zero-order valence-corrected chi connectivity index (χ0v) is 24.6. The lowest BCUT2D eigenvalue weighted by atomic mass is 10.1. The minimum absolute atomic E-state index is 0.0618. The first kappa shape index (κ1) is 29.1. The molecule has 0 unspecified atom stereocenters. The van der Waals surface area contributed by atoms with Crippen LogP contribution in [0.3, 0.4) is 0 Å². The van der Waals surface area contributed by atoms with Gasteiger partial charge in [0.25, 0.3) is 0 Å². The van der Waals surface area contributed by atoms with Crippen LogP contribution in [0.2, 0.25) is 0 Å². The summed E-state index contributed by atoms with van der Waals surface area (Å²) < 4.78 is 6.66. The lowest BCUT2D eigenvalue weighted by Crippen LogP contribution is -2.45. The maximum absolute atomic E-state index is 13.8. The molecule has 0 bridgehead atoms. The molecular formula is C32H34BrN3O4. The Morgan fingerprint density at radius 3 is 2.38 bits per heavy atom. The standard InChI is InChI=1S/C32H34BrN3O4/c1-22(2)15-16-35(32(39)34-27-12-10-26(33)11-13-27)20-30(37)36(18-24-7-5-4-6-8-24)19-25-21-40-29-14-9-23(3)17-28(29)31(25)38/h4-14,17,21-22H,15-16,18-20H2,1-3H3,(H,34,39). The van der Waals surface area contributed by atoms with Crippen LogP contribution in [0.5, 0.6) is 0 Å². The van der Waals surface area contributed by atoms with Crippen molar-refractivity contribution in [1.29, 1.82) is 0 Å². The maximum Gasteiger partial charge on any atom is 0.322 e. The van der Waals surface area contributed by atoms with Crippen LogP contribution in [0.1, 0.15) is 37.0 Å². The van der Waals surface area contributed by atoms with Gasteiger partial charge < -0.3 is 19.5 Å². The summed E-state index contributed by atoms with van der Waals surface area (Å²) >= 11 is 3.40. The van der Waals surface area contributed by atoms with Crippen molar-refractivity contribution in [2.24, 2.45) is 5.92 Å². The fourth-order valence-electron chi connectivity index (χ4n) is 4.30. The van der Waals surface area contributed by atoms with Crippen molar-refractivity contribution in [2.75, 3.05) is 18.4 Å². The molecule has 0 saturated heterocycles. The molecule has 4 aromatic rings. The molecule has 7 nitrogen and oxygen atoms in total. The van der Waals surface area contributed by atoms with Gasteiger partial charge in [-0.25, -0.2) is 4.79 Å². The highest BCUT2D eigenvalue weighted by Crippen LogP contribution is 2.18. The van der Waals surface area contributed by atoms with Gasteiger partial charge in [-0.2, -0.15) is 0 Å². The number of rotatable bonds is 10. The number of carbonyl (C=O) groups is 2. The van der Waals surface area contributed by atoms with Crippen LogP contribution in [0.4, 0.5) is 10.5 Å². The number of urea groups is 1. The second-order valence-electron chi connectivity index (χ2n) is 10.4. The molecule has 40 heavy (non-hydrogen) atoms. The van der Waals surface area contributed by atoms with Gasteiger partial charge >= 0.3 is 6.03 Å². The molecule has 0 aliphatic rings. The molecule has 0 aliphatic carbocycles. The number of nitrogens with zero attached hydrogens (tertiary/aromatic N) is 2. The molecule has 1 aromatic heterocycles. The van der Waals surface area contributed by atoms with Crippen LogP contribution >= 0.6 is 15.9 Å². The summed E-state index contributed by atoms with van der Waals surface area (Å²) in [5, 5.41) is 3.38. The smallest absolute Gasteiger partial charge is 0.322 e. The van der Waals surface area contributed by atoms with Crippen molar-refractivity contribution in [3.63, 3.8) is 0 Å². The largest absolute Gasteiger partial charge is 0.464 e. The molecule has 3 aromatic carbocycles. The third kappa shape index (κ3) is 7.82. The SMILES string of the molecule is Cc1ccc2occ(CN(Cc3ccccc3)C(=O)CN(CCC(C)C)C(=O)Nc3ccc(Br)cc3)c(=O)c2c1. The van der Waals surface area contributed by atoms with Gasteiger partial charge in [-0.15, -0.1) is 0 Å². The van der Waals surface area contributed by atoms with Crippen molar-refractivity contribution < 1.29 is 14.0 Å². The topological polar surface area (TPSA) is 82.9 Å². The minimum atomic E-state index is -0.350. The van der Waals surface area contributed by atoms with E-state index in [0.717, 1.165) is 22.0 Å². The van der Waals surface area contributed by atoms with Gasteiger partial charge in [0.2, 0.25) is 5.91 Å². The first-order chi connectivity index (χ1) is 19.2. The predicted molar refractivity (Wildman–Crippen MR) is 162 cm³/mol. The van der Waals surface area contributed by atoms with E-state index in [1.54, 1.807) is 29.2 Å². The van der Waals surface area contributed by atoms with E-state index in [0.29, 0.717) is 34.7 Å². The summed E-state index contributed by atoms with van der Waals surface area (Å²) in [6, 6.07) is 22.0. The van der Waals surface area contributed by atoms with E-state index in [2.05, 4.69) is 35.1 Å². The lowest BCUT2D eigenvalue weighted by molar-refractivity contribution is -0.133. The van der Waals surface area contributed by atoms with Gasteiger partial charge in [0.15, 0.2) is 5.43 Å². The van der Waals surface area contributed by atoms with Crippen LogP contribution in [-0.4, -0.2) is 34.8 Å². The van der Waals surface area contributed by atoms with Gasteiger partial charge in [-0.3, -0.25) is 9.59 Å². The van der Waals surface area contributed by atoms with Crippen molar-refractivity contribution in [3.8, 4) is 0 Å². The lowest BCUT2D eigenvalue weighted by Gasteiger charge is -2.28. The van der Waals surface area contributed by atoms with Crippen LogP contribution < -0.4 is 10.7 Å². The fraction of sp³-hybridized carbons (Fsp3) is 0.281. The monoisotopic (exact) mass is 603 g/mol. The van der Waals surface area contributed by atoms with E-state index < -0.39 is 0 Å². The van der Waals surface area contributed by atoms with Gasteiger partial charge in [0.05, 0.1) is 23.8 Å². The Balaban J connectivity index is 1.60. The molecule has 1 N–H and O–H groups in total. The number of halogens is 1. The molecule has 0 aliphatic heterocycles. The van der Waals surface area contributed by atoms with E-state index in [1.807, 2.05) is 55.5 Å². The molecular weight excluding hydrogens is 570 g/mol. The maximum atomic E-state index is 13.8.